The summed E-state index contributed by atoms with van der Waals surface area (Å²) in [5.41, 5.74) is 5.07. The summed E-state index contributed by atoms with van der Waals surface area (Å²) in [4.78, 5) is 8.36. The largest absolute Gasteiger partial charge is 0.309 e. The summed E-state index contributed by atoms with van der Waals surface area (Å²) in [6.07, 6.45) is 4.37. The van der Waals surface area contributed by atoms with E-state index in [2.05, 4.69) is 54.3 Å². The average molecular weight is 255 g/mol. The van der Waals surface area contributed by atoms with Gasteiger partial charge in [0.1, 0.15) is 6.33 Å². The number of aryl methyl sites for hydroxylation is 2. The van der Waals surface area contributed by atoms with Gasteiger partial charge in [-0.1, -0.05) is 30.7 Å². The fraction of sp³-hybridized carbons (Fsp3) is 0.375. The van der Waals surface area contributed by atoms with Crippen LogP contribution < -0.4 is 5.32 Å². The highest BCUT2D eigenvalue weighted by Crippen LogP contribution is 2.19. The first-order valence-electron chi connectivity index (χ1n) is 6.76. The number of benzene rings is 1. The molecular weight excluding hydrogens is 234 g/mol. The van der Waals surface area contributed by atoms with E-state index >= 15 is 0 Å². The minimum atomic E-state index is 0.244. The van der Waals surface area contributed by atoms with E-state index in [9.17, 15) is 0 Å². The molecule has 0 aliphatic rings. The van der Waals surface area contributed by atoms with Gasteiger partial charge in [-0.05, 0) is 44.0 Å². The lowest BCUT2D eigenvalue weighted by Crippen LogP contribution is -2.24. The fourth-order valence-corrected chi connectivity index (χ4v) is 2.27. The quantitative estimate of drug-likeness (QED) is 0.892. The second-order valence-electron chi connectivity index (χ2n) is 4.88. The zero-order valence-electron chi connectivity index (χ0n) is 11.9. The number of likely N-dealkylation sites (N-methyl/N-ethyl adjacent to an activating group) is 1. The molecule has 0 saturated heterocycles. The fourth-order valence-electron chi connectivity index (χ4n) is 2.27. The van der Waals surface area contributed by atoms with E-state index in [4.69, 9.17) is 0 Å². The molecule has 0 amide bonds. The van der Waals surface area contributed by atoms with Crippen LogP contribution >= 0.6 is 0 Å². The zero-order chi connectivity index (χ0) is 13.7. The van der Waals surface area contributed by atoms with Gasteiger partial charge >= 0.3 is 0 Å². The van der Waals surface area contributed by atoms with Crippen molar-refractivity contribution in [2.24, 2.45) is 0 Å². The van der Waals surface area contributed by atoms with E-state index < -0.39 is 0 Å². The van der Waals surface area contributed by atoms with Gasteiger partial charge in [-0.2, -0.15) is 0 Å². The third-order valence-corrected chi connectivity index (χ3v) is 3.34. The van der Waals surface area contributed by atoms with Crippen molar-refractivity contribution in [1.82, 2.24) is 15.3 Å². The van der Waals surface area contributed by atoms with Crippen LogP contribution in [0.5, 0.6) is 0 Å². The highest BCUT2D eigenvalue weighted by Gasteiger charge is 2.13. The standard InChI is InChI=1S/C16H21N3/c1-4-18-16(15-7-8-17-11-19-15)10-14-9-12(2)5-6-13(14)3/h5-9,11,16,18H,4,10H2,1-3H3. The summed E-state index contributed by atoms with van der Waals surface area (Å²) >= 11 is 0. The third-order valence-electron chi connectivity index (χ3n) is 3.34. The smallest absolute Gasteiger partial charge is 0.115 e. The Labute approximate surface area is 115 Å². The van der Waals surface area contributed by atoms with Gasteiger partial charge in [0, 0.05) is 6.20 Å². The Morgan fingerprint density at radius 3 is 2.74 bits per heavy atom. The van der Waals surface area contributed by atoms with Crippen LogP contribution in [-0.2, 0) is 6.42 Å². The van der Waals surface area contributed by atoms with Gasteiger partial charge in [-0.3, -0.25) is 0 Å². The summed E-state index contributed by atoms with van der Waals surface area (Å²) in [5.74, 6) is 0. The molecule has 0 saturated carbocycles. The molecule has 0 bridgehead atoms. The maximum Gasteiger partial charge on any atom is 0.115 e. The third kappa shape index (κ3) is 3.61. The second kappa shape index (κ2) is 6.43. The Hall–Kier alpha value is -1.74. The number of nitrogens with one attached hydrogen (secondary N) is 1. The maximum absolute atomic E-state index is 4.37. The van der Waals surface area contributed by atoms with Crippen molar-refractivity contribution in [3.63, 3.8) is 0 Å². The van der Waals surface area contributed by atoms with Crippen LogP contribution in [0.15, 0.2) is 36.8 Å². The molecule has 0 aliphatic carbocycles. The Balaban J connectivity index is 2.24. The second-order valence-corrected chi connectivity index (χ2v) is 4.88. The first kappa shape index (κ1) is 13.7. The molecule has 0 radical (unpaired) electrons. The van der Waals surface area contributed by atoms with Crippen molar-refractivity contribution < 1.29 is 0 Å². The van der Waals surface area contributed by atoms with Crippen LogP contribution in [0.25, 0.3) is 0 Å². The molecule has 1 N–H and O–H groups in total. The van der Waals surface area contributed by atoms with Crippen molar-refractivity contribution in [3.8, 4) is 0 Å². The number of hydrogen-bond donors (Lipinski definition) is 1. The first-order valence-corrected chi connectivity index (χ1v) is 6.76. The molecule has 1 heterocycles. The Kier molecular flexibility index (Phi) is 4.63. The molecule has 2 rings (SSSR count). The number of nitrogens with zero attached hydrogens (tertiary/aromatic N) is 2. The van der Waals surface area contributed by atoms with Crippen LogP contribution in [0, 0.1) is 13.8 Å². The maximum atomic E-state index is 4.37. The molecule has 0 fully saturated rings. The van der Waals surface area contributed by atoms with E-state index in [1.165, 1.54) is 16.7 Å². The monoisotopic (exact) mass is 255 g/mol. The molecule has 1 aromatic carbocycles. The van der Waals surface area contributed by atoms with Crippen LogP contribution in [0.1, 0.15) is 35.3 Å². The Bertz CT molecular complexity index is 523. The average Bonchev–Trinajstić information content (AvgIpc) is 2.43. The molecule has 1 atom stereocenters. The van der Waals surface area contributed by atoms with Gasteiger partial charge in [0.2, 0.25) is 0 Å². The van der Waals surface area contributed by atoms with Gasteiger partial charge in [0.15, 0.2) is 0 Å². The summed E-state index contributed by atoms with van der Waals surface area (Å²) < 4.78 is 0. The summed E-state index contributed by atoms with van der Waals surface area (Å²) in [5, 5.41) is 3.50. The van der Waals surface area contributed by atoms with Crippen molar-refractivity contribution in [2.45, 2.75) is 33.2 Å². The molecule has 19 heavy (non-hydrogen) atoms. The zero-order valence-corrected chi connectivity index (χ0v) is 11.9. The predicted octanol–water partition coefficient (Wildman–Crippen LogP) is 2.99. The summed E-state index contributed by atoms with van der Waals surface area (Å²) in [7, 11) is 0. The molecule has 3 nitrogen and oxygen atoms in total. The van der Waals surface area contributed by atoms with Crippen LogP contribution in [-0.4, -0.2) is 16.5 Å². The van der Waals surface area contributed by atoms with Gasteiger partial charge < -0.3 is 5.32 Å². The Morgan fingerprint density at radius 2 is 2.05 bits per heavy atom. The molecule has 0 aliphatic heterocycles. The van der Waals surface area contributed by atoms with E-state index in [-0.39, 0.29) is 6.04 Å². The predicted molar refractivity (Wildman–Crippen MR) is 78.1 cm³/mol. The van der Waals surface area contributed by atoms with E-state index in [1.54, 1.807) is 12.5 Å². The minimum Gasteiger partial charge on any atom is -0.309 e. The number of hydrogen-bond acceptors (Lipinski definition) is 3. The van der Waals surface area contributed by atoms with Crippen LogP contribution in [0.3, 0.4) is 0 Å². The van der Waals surface area contributed by atoms with Gasteiger partial charge in [0.05, 0.1) is 11.7 Å². The highest BCUT2D eigenvalue weighted by atomic mass is 14.9. The molecule has 100 valence electrons. The lowest BCUT2D eigenvalue weighted by atomic mass is 9.97. The molecule has 2 aromatic rings. The van der Waals surface area contributed by atoms with Crippen molar-refractivity contribution in [1.29, 1.82) is 0 Å². The van der Waals surface area contributed by atoms with Crippen LogP contribution in [0.4, 0.5) is 0 Å². The van der Waals surface area contributed by atoms with Crippen molar-refractivity contribution in [3.05, 3.63) is 59.2 Å². The first-order chi connectivity index (χ1) is 9.20. The number of rotatable bonds is 5. The van der Waals surface area contributed by atoms with Gasteiger partial charge in [-0.15, -0.1) is 0 Å². The SMILES string of the molecule is CCNC(Cc1cc(C)ccc1C)c1ccncn1. The number of aromatic nitrogens is 2. The summed E-state index contributed by atoms with van der Waals surface area (Å²) in [6, 6.07) is 8.84. The Morgan fingerprint density at radius 1 is 1.21 bits per heavy atom. The lowest BCUT2D eigenvalue weighted by Gasteiger charge is -2.18. The molecule has 3 heteroatoms. The van der Waals surface area contributed by atoms with E-state index in [1.807, 2.05) is 6.07 Å². The van der Waals surface area contributed by atoms with Gasteiger partial charge in [0.25, 0.3) is 0 Å². The molecule has 1 aromatic heterocycles. The highest BCUT2D eigenvalue weighted by molar-refractivity contribution is 5.31. The van der Waals surface area contributed by atoms with E-state index in [0.29, 0.717) is 0 Å². The lowest BCUT2D eigenvalue weighted by molar-refractivity contribution is 0.534. The minimum absolute atomic E-state index is 0.244. The molecule has 0 spiro atoms. The topological polar surface area (TPSA) is 37.8 Å². The van der Waals surface area contributed by atoms with Gasteiger partial charge in [-0.25, -0.2) is 9.97 Å². The molecule has 1 unspecified atom stereocenters. The summed E-state index contributed by atoms with van der Waals surface area (Å²) in [6.45, 7) is 7.35. The normalized spacial score (nSPS) is 12.4. The van der Waals surface area contributed by atoms with Crippen molar-refractivity contribution in [2.75, 3.05) is 6.54 Å². The van der Waals surface area contributed by atoms with Crippen molar-refractivity contribution >= 4 is 0 Å². The van der Waals surface area contributed by atoms with E-state index in [0.717, 1.165) is 18.7 Å². The molecular formula is C16H21N3. The van der Waals surface area contributed by atoms with Crippen LogP contribution in [0.2, 0.25) is 0 Å².